The Labute approximate surface area is 75.8 Å². The second-order valence-corrected chi connectivity index (χ2v) is 2.72. The molecule has 4 heteroatoms. The van der Waals surface area contributed by atoms with Crippen LogP contribution in [-0.2, 0) is 19.1 Å². The molecular formula is C9H10O4. The van der Waals surface area contributed by atoms with Gasteiger partial charge in [0.15, 0.2) is 5.41 Å². The first kappa shape index (κ1) is 9.55. The zero-order valence-electron chi connectivity index (χ0n) is 7.55. The molecule has 0 aromatic heterocycles. The van der Waals surface area contributed by atoms with Crippen molar-refractivity contribution in [2.75, 3.05) is 14.2 Å². The molecule has 1 aliphatic rings. The summed E-state index contributed by atoms with van der Waals surface area (Å²) >= 11 is 0. The average molecular weight is 182 g/mol. The maximum atomic E-state index is 11.3. The van der Waals surface area contributed by atoms with Gasteiger partial charge in [-0.2, -0.15) is 0 Å². The van der Waals surface area contributed by atoms with Crippen molar-refractivity contribution < 1.29 is 19.1 Å². The predicted octanol–water partition coefficient (Wildman–Crippen LogP) is 0.434. The highest BCUT2D eigenvalue weighted by Crippen LogP contribution is 2.53. The summed E-state index contributed by atoms with van der Waals surface area (Å²) in [4.78, 5) is 22.5. The Hall–Kier alpha value is -1.54. The molecule has 0 spiro atoms. The first-order valence-electron chi connectivity index (χ1n) is 3.69. The minimum Gasteiger partial charge on any atom is -0.468 e. The van der Waals surface area contributed by atoms with Crippen LogP contribution in [0.25, 0.3) is 0 Å². The van der Waals surface area contributed by atoms with Crippen molar-refractivity contribution in [1.82, 2.24) is 0 Å². The summed E-state index contributed by atoms with van der Waals surface area (Å²) < 4.78 is 9.01. The van der Waals surface area contributed by atoms with Gasteiger partial charge in [0.05, 0.1) is 14.2 Å². The van der Waals surface area contributed by atoms with E-state index < -0.39 is 17.4 Å². The molecule has 1 saturated carbocycles. The van der Waals surface area contributed by atoms with Crippen molar-refractivity contribution >= 4 is 11.9 Å². The number of hydrogen-bond donors (Lipinski definition) is 0. The molecule has 70 valence electrons. The fourth-order valence-electron chi connectivity index (χ4n) is 1.26. The monoisotopic (exact) mass is 182 g/mol. The van der Waals surface area contributed by atoms with Gasteiger partial charge in [0.1, 0.15) is 0 Å². The summed E-state index contributed by atoms with van der Waals surface area (Å²) in [7, 11) is 2.46. The van der Waals surface area contributed by atoms with E-state index >= 15 is 0 Å². The van der Waals surface area contributed by atoms with Crippen LogP contribution in [0.3, 0.4) is 0 Å². The van der Waals surface area contributed by atoms with E-state index in [0.29, 0.717) is 12.0 Å². The molecule has 0 saturated heterocycles. The van der Waals surface area contributed by atoms with Gasteiger partial charge in [-0.3, -0.25) is 9.59 Å². The first-order valence-corrected chi connectivity index (χ1v) is 3.69. The molecule has 0 aliphatic heterocycles. The van der Waals surface area contributed by atoms with E-state index in [2.05, 4.69) is 21.8 Å². The number of carbonyl (C=O) groups is 2. The Morgan fingerprint density at radius 2 is 1.85 bits per heavy atom. The largest absolute Gasteiger partial charge is 0.468 e. The summed E-state index contributed by atoms with van der Waals surface area (Å²) in [6.45, 7) is 3.37. The van der Waals surface area contributed by atoms with Crippen molar-refractivity contribution in [1.29, 1.82) is 0 Å². The number of esters is 2. The molecule has 0 amide bonds. The van der Waals surface area contributed by atoms with Crippen molar-refractivity contribution in [2.24, 2.45) is 5.41 Å². The van der Waals surface area contributed by atoms with Crippen LogP contribution in [0.5, 0.6) is 0 Å². The van der Waals surface area contributed by atoms with Crippen molar-refractivity contribution in [2.45, 2.75) is 6.42 Å². The molecule has 1 rings (SSSR count). The average Bonchev–Trinajstić information content (AvgIpc) is 2.91. The lowest BCUT2D eigenvalue weighted by molar-refractivity contribution is -0.160. The summed E-state index contributed by atoms with van der Waals surface area (Å²) in [5, 5.41) is 0. The van der Waals surface area contributed by atoms with Crippen molar-refractivity contribution in [3.63, 3.8) is 0 Å². The first-order chi connectivity index (χ1) is 6.13. The van der Waals surface area contributed by atoms with Gasteiger partial charge in [0.2, 0.25) is 0 Å². The van der Waals surface area contributed by atoms with Crippen LogP contribution in [0.2, 0.25) is 0 Å². The van der Waals surface area contributed by atoms with Gasteiger partial charge >= 0.3 is 11.9 Å². The summed E-state index contributed by atoms with van der Waals surface area (Å²) in [6.07, 6.45) is 0.301. The minimum absolute atomic E-state index is 0.301. The topological polar surface area (TPSA) is 52.6 Å². The molecule has 4 nitrogen and oxygen atoms in total. The fraction of sp³-hybridized carbons (Fsp3) is 0.444. The van der Waals surface area contributed by atoms with Gasteiger partial charge in [-0.15, -0.1) is 5.73 Å². The van der Waals surface area contributed by atoms with Crippen LogP contribution in [0.1, 0.15) is 6.42 Å². The normalized spacial score (nSPS) is 17.2. The molecule has 0 N–H and O–H groups in total. The number of rotatable bonds is 2. The smallest absolute Gasteiger partial charge is 0.328 e. The van der Waals surface area contributed by atoms with Crippen LogP contribution < -0.4 is 0 Å². The molecular weight excluding hydrogens is 172 g/mol. The quantitative estimate of drug-likeness (QED) is 0.353. The minimum atomic E-state index is -1.24. The number of hydrogen-bond acceptors (Lipinski definition) is 4. The number of ether oxygens (including phenoxy) is 2. The van der Waals surface area contributed by atoms with Crippen LogP contribution >= 0.6 is 0 Å². The van der Waals surface area contributed by atoms with Crippen molar-refractivity contribution in [3.8, 4) is 0 Å². The highest BCUT2D eigenvalue weighted by molar-refractivity contribution is 6.08. The maximum Gasteiger partial charge on any atom is 0.328 e. The van der Waals surface area contributed by atoms with Crippen LogP contribution in [-0.4, -0.2) is 26.2 Å². The van der Waals surface area contributed by atoms with E-state index in [4.69, 9.17) is 0 Å². The van der Waals surface area contributed by atoms with Gasteiger partial charge in [-0.1, -0.05) is 6.58 Å². The zero-order valence-corrected chi connectivity index (χ0v) is 7.55. The van der Waals surface area contributed by atoms with E-state index in [1.54, 1.807) is 0 Å². The molecule has 0 radical (unpaired) electrons. The summed E-state index contributed by atoms with van der Waals surface area (Å²) in [5.41, 5.74) is 1.81. The van der Waals surface area contributed by atoms with Gasteiger partial charge in [0.25, 0.3) is 0 Å². The molecule has 0 aromatic carbocycles. The van der Waals surface area contributed by atoms with Gasteiger partial charge in [-0.25, -0.2) is 0 Å². The van der Waals surface area contributed by atoms with Crippen LogP contribution in [0, 0.1) is 5.41 Å². The molecule has 0 unspecified atom stereocenters. The molecule has 0 heterocycles. The predicted molar refractivity (Wildman–Crippen MR) is 43.7 cm³/mol. The Bertz CT molecular complexity index is 294. The fourth-order valence-corrected chi connectivity index (χ4v) is 1.26. The van der Waals surface area contributed by atoms with E-state index in [-0.39, 0.29) is 0 Å². The van der Waals surface area contributed by atoms with Crippen molar-refractivity contribution in [3.05, 3.63) is 17.9 Å². The second-order valence-electron chi connectivity index (χ2n) is 2.72. The lowest BCUT2D eigenvalue weighted by Gasteiger charge is -2.08. The third-order valence-electron chi connectivity index (χ3n) is 2.11. The summed E-state index contributed by atoms with van der Waals surface area (Å²) in [6, 6.07) is 0. The SMILES string of the molecule is C=C=C1CC1(C(=O)OC)C(=O)OC. The van der Waals surface area contributed by atoms with E-state index in [1.165, 1.54) is 14.2 Å². The van der Waals surface area contributed by atoms with E-state index in [1.807, 2.05) is 0 Å². The Balaban J connectivity index is 3.00. The molecule has 0 bridgehead atoms. The molecule has 1 aliphatic carbocycles. The summed E-state index contributed by atoms with van der Waals surface area (Å²) in [5.74, 6) is -1.21. The Kier molecular flexibility index (Phi) is 2.26. The molecule has 13 heavy (non-hydrogen) atoms. The van der Waals surface area contributed by atoms with Crippen LogP contribution in [0.15, 0.2) is 17.9 Å². The third-order valence-corrected chi connectivity index (χ3v) is 2.11. The third kappa shape index (κ3) is 1.15. The highest BCUT2D eigenvalue weighted by atomic mass is 16.5. The van der Waals surface area contributed by atoms with E-state index in [0.717, 1.165) is 0 Å². The maximum absolute atomic E-state index is 11.3. The second kappa shape index (κ2) is 3.07. The molecule has 1 fully saturated rings. The highest BCUT2D eigenvalue weighted by Gasteiger charge is 2.64. The zero-order chi connectivity index (χ0) is 10.1. The Morgan fingerprint density at radius 1 is 1.38 bits per heavy atom. The van der Waals surface area contributed by atoms with Crippen LogP contribution in [0.4, 0.5) is 0 Å². The standard InChI is InChI=1S/C9H10O4/c1-4-6-5-9(6,7(10)12-2)8(11)13-3/h1,5H2,2-3H3. The van der Waals surface area contributed by atoms with Gasteiger partial charge < -0.3 is 9.47 Å². The van der Waals surface area contributed by atoms with Gasteiger partial charge in [-0.05, 0) is 0 Å². The van der Waals surface area contributed by atoms with Gasteiger partial charge in [0, 0.05) is 12.0 Å². The number of carbonyl (C=O) groups excluding carboxylic acids is 2. The lowest BCUT2D eigenvalue weighted by atomic mass is 10.1. The Morgan fingerprint density at radius 3 is 2.08 bits per heavy atom. The lowest BCUT2D eigenvalue weighted by Crippen LogP contribution is -2.28. The number of methoxy groups -OCH3 is 2. The molecule has 0 aromatic rings. The molecule has 0 atom stereocenters. The van der Waals surface area contributed by atoms with E-state index in [9.17, 15) is 9.59 Å².